The summed E-state index contributed by atoms with van der Waals surface area (Å²) in [7, 11) is 0. The minimum Gasteiger partial charge on any atom is -0.376 e. The fourth-order valence-electron chi connectivity index (χ4n) is 1.18. The van der Waals surface area contributed by atoms with Crippen LogP contribution in [0.4, 0.5) is 5.13 Å². The highest BCUT2D eigenvalue weighted by atomic mass is 32.1. The van der Waals surface area contributed by atoms with Crippen LogP contribution in [-0.4, -0.2) is 10.1 Å². The van der Waals surface area contributed by atoms with Gasteiger partial charge < -0.3 is 11.1 Å². The Morgan fingerprint density at radius 2 is 2.07 bits per heavy atom. The quantitative estimate of drug-likeness (QED) is 0.785. The van der Waals surface area contributed by atoms with Gasteiger partial charge in [-0.3, -0.25) is 0 Å². The smallest absolute Gasteiger partial charge is 0.189 e. The van der Waals surface area contributed by atoms with Gasteiger partial charge in [-0.15, -0.1) is 11.3 Å². The third kappa shape index (κ3) is 2.51. The molecule has 0 amide bonds. The van der Waals surface area contributed by atoms with Gasteiger partial charge in [-0.2, -0.15) is 0 Å². The second kappa shape index (κ2) is 4.37. The Kier molecular flexibility index (Phi) is 2.94. The molecule has 0 spiro atoms. The van der Waals surface area contributed by atoms with Crippen LogP contribution in [0, 0.1) is 0 Å². The van der Waals surface area contributed by atoms with Gasteiger partial charge >= 0.3 is 0 Å². The number of benzene rings is 1. The maximum Gasteiger partial charge on any atom is 0.189 e. The molecule has 1 aromatic carbocycles. The molecule has 1 heterocycles. The van der Waals surface area contributed by atoms with Gasteiger partial charge in [0.1, 0.15) is 0 Å². The Balaban J connectivity index is 2.24. The highest BCUT2D eigenvalue weighted by Gasteiger charge is 2.03. The maximum absolute atomic E-state index is 5.36. The van der Waals surface area contributed by atoms with Gasteiger partial charge in [-0.25, -0.2) is 4.98 Å². The first-order chi connectivity index (χ1) is 7.25. The van der Waals surface area contributed by atoms with E-state index in [2.05, 4.69) is 10.3 Å². The van der Waals surface area contributed by atoms with Crippen LogP contribution in [-0.2, 0) is 0 Å². The number of hydrogen-bond donors (Lipinski definition) is 2. The van der Waals surface area contributed by atoms with Crippen LogP contribution in [0.3, 0.4) is 0 Å². The molecular weight excluding hydrogens is 226 g/mol. The van der Waals surface area contributed by atoms with Crippen molar-refractivity contribution in [3.63, 3.8) is 0 Å². The molecule has 3 N–H and O–H groups in total. The standard InChI is InChI=1S/C10H9N3S2/c11-9(14)13-10-12-8(6-15-10)7-4-2-1-3-5-7/h1-6H,(H3,11,12,13,14). The summed E-state index contributed by atoms with van der Waals surface area (Å²) < 4.78 is 0. The number of rotatable bonds is 2. The zero-order valence-corrected chi connectivity index (χ0v) is 9.44. The maximum atomic E-state index is 5.36. The number of nitrogens with one attached hydrogen (secondary N) is 1. The van der Waals surface area contributed by atoms with Crippen LogP contribution in [0.1, 0.15) is 0 Å². The molecule has 3 nitrogen and oxygen atoms in total. The van der Waals surface area contributed by atoms with Gasteiger partial charge in [0, 0.05) is 10.9 Å². The number of nitrogens with two attached hydrogens (primary N) is 1. The lowest BCUT2D eigenvalue weighted by molar-refractivity contribution is 1.40. The summed E-state index contributed by atoms with van der Waals surface area (Å²) in [5, 5.41) is 5.74. The van der Waals surface area contributed by atoms with E-state index in [9.17, 15) is 0 Å². The summed E-state index contributed by atoms with van der Waals surface area (Å²) in [5.41, 5.74) is 7.38. The monoisotopic (exact) mass is 235 g/mol. The van der Waals surface area contributed by atoms with E-state index in [1.807, 2.05) is 35.7 Å². The SMILES string of the molecule is NC(=S)Nc1nc(-c2ccccc2)cs1. The van der Waals surface area contributed by atoms with Crippen molar-refractivity contribution in [2.24, 2.45) is 5.73 Å². The van der Waals surface area contributed by atoms with Crippen LogP contribution in [0.5, 0.6) is 0 Å². The first-order valence-electron chi connectivity index (χ1n) is 4.33. The summed E-state index contributed by atoms with van der Waals surface area (Å²) in [6.45, 7) is 0. The van der Waals surface area contributed by atoms with Crippen molar-refractivity contribution in [3.8, 4) is 11.3 Å². The minimum atomic E-state index is 0.240. The molecule has 0 atom stereocenters. The van der Waals surface area contributed by atoms with Crippen molar-refractivity contribution in [1.82, 2.24) is 4.98 Å². The van der Waals surface area contributed by atoms with E-state index in [0.717, 1.165) is 16.4 Å². The predicted octanol–water partition coefficient (Wildman–Crippen LogP) is 2.47. The first kappa shape index (κ1) is 10.1. The van der Waals surface area contributed by atoms with Crippen molar-refractivity contribution in [2.75, 3.05) is 5.32 Å². The third-order valence-corrected chi connectivity index (χ3v) is 2.66. The zero-order valence-electron chi connectivity index (χ0n) is 7.81. The molecule has 0 aliphatic carbocycles. The molecule has 76 valence electrons. The molecular formula is C10H9N3S2. The van der Waals surface area contributed by atoms with Gasteiger partial charge in [0.15, 0.2) is 10.2 Å². The van der Waals surface area contributed by atoms with E-state index in [-0.39, 0.29) is 5.11 Å². The normalized spacial score (nSPS) is 9.87. The number of thiocarbonyl (C=S) groups is 1. The van der Waals surface area contributed by atoms with Crippen molar-refractivity contribution >= 4 is 33.8 Å². The molecule has 2 aromatic rings. The van der Waals surface area contributed by atoms with Crippen molar-refractivity contribution in [2.45, 2.75) is 0 Å². The molecule has 2 rings (SSSR count). The Labute approximate surface area is 97.0 Å². The Hall–Kier alpha value is -1.46. The third-order valence-electron chi connectivity index (χ3n) is 1.80. The highest BCUT2D eigenvalue weighted by molar-refractivity contribution is 7.80. The molecule has 0 fully saturated rings. The second-order valence-corrected chi connectivity index (χ2v) is 4.19. The van der Waals surface area contributed by atoms with Crippen molar-refractivity contribution in [1.29, 1.82) is 0 Å². The van der Waals surface area contributed by atoms with E-state index in [4.69, 9.17) is 18.0 Å². The van der Waals surface area contributed by atoms with E-state index in [0.29, 0.717) is 0 Å². The summed E-state index contributed by atoms with van der Waals surface area (Å²) >= 11 is 6.22. The predicted molar refractivity (Wildman–Crippen MR) is 68.0 cm³/mol. The average Bonchev–Trinajstić information content (AvgIpc) is 2.67. The van der Waals surface area contributed by atoms with E-state index in [1.54, 1.807) is 0 Å². The summed E-state index contributed by atoms with van der Waals surface area (Å²) in [4.78, 5) is 4.36. The van der Waals surface area contributed by atoms with Gasteiger partial charge in [0.05, 0.1) is 5.69 Å². The largest absolute Gasteiger partial charge is 0.376 e. The second-order valence-electron chi connectivity index (χ2n) is 2.89. The van der Waals surface area contributed by atoms with Crippen molar-refractivity contribution in [3.05, 3.63) is 35.7 Å². The molecule has 0 saturated carbocycles. The van der Waals surface area contributed by atoms with Crippen LogP contribution in [0.15, 0.2) is 35.7 Å². The van der Waals surface area contributed by atoms with Crippen LogP contribution < -0.4 is 11.1 Å². The fourth-order valence-corrected chi connectivity index (χ4v) is 2.07. The highest BCUT2D eigenvalue weighted by Crippen LogP contribution is 2.24. The molecule has 0 aliphatic rings. The van der Waals surface area contributed by atoms with Crippen molar-refractivity contribution < 1.29 is 0 Å². The number of nitrogens with zero attached hydrogens (tertiary/aromatic N) is 1. The van der Waals surface area contributed by atoms with Gasteiger partial charge in [0.2, 0.25) is 0 Å². The molecule has 15 heavy (non-hydrogen) atoms. The molecule has 5 heteroatoms. The zero-order chi connectivity index (χ0) is 10.7. The van der Waals surface area contributed by atoms with Gasteiger partial charge in [-0.05, 0) is 12.2 Å². The Morgan fingerprint density at radius 3 is 2.73 bits per heavy atom. The summed E-state index contributed by atoms with van der Waals surface area (Å²) in [5.74, 6) is 0. The topological polar surface area (TPSA) is 50.9 Å². The Bertz CT molecular complexity index is 465. The summed E-state index contributed by atoms with van der Waals surface area (Å²) in [6.07, 6.45) is 0. The van der Waals surface area contributed by atoms with Crippen LogP contribution >= 0.6 is 23.6 Å². The molecule has 0 radical (unpaired) electrons. The van der Waals surface area contributed by atoms with Crippen LogP contribution in [0.2, 0.25) is 0 Å². The molecule has 1 aromatic heterocycles. The minimum absolute atomic E-state index is 0.240. The number of anilines is 1. The molecule has 0 saturated heterocycles. The van der Waals surface area contributed by atoms with Gasteiger partial charge in [-0.1, -0.05) is 30.3 Å². The average molecular weight is 235 g/mol. The number of thiazole rings is 1. The van der Waals surface area contributed by atoms with Gasteiger partial charge in [0.25, 0.3) is 0 Å². The lowest BCUT2D eigenvalue weighted by atomic mass is 10.2. The summed E-state index contributed by atoms with van der Waals surface area (Å²) in [6, 6.07) is 9.97. The lowest BCUT2D eigenvalue weighted by Crippen LogP contribution is -2.18. The van der Waals surface area contributed by atoms with E-state index >= 15 is 0 Å². The van der Waals surface area contributed by atoms with Crippen LogP contribution in [0.25, 0.3) is 11.3 Å². The number of aromatic nitrogens is 1. The lowest BCUT2D eigenvalue weighted by Gasteiger charge is -1.96. The number of hydrogen-bond acceptors (Lipinski definition) is 3. The van der Waals surface area contributed by atoms with E-state index in [1.165, 1.54) is 11.3 Å². The molecule has 0 bridgehead atoms. The Morgan fingerprint density at radius 1 is 1.33 bits per heavy atom. The molecule has 0 aliphatic heterocycles. The van der Waals surface area contributed by atoms with E-state index < -0.39 is 0 Å². The first-order valence-corrected chi connectivity index (χ1v) is 5.62. The fraction of sp³-hybridized carbons (Fsp3) is 0. The molecule has 0 unspecified atom stereocenters.